The summed E-state index contributed by atoms with van der Waals surface area (Å²) in [5, 5.41) is 0. The molecule has 0 fully saturated rings. The van der Waals surface area contributed by atoms with Gasteiger partial charge in [-0.15, -0.1) is 0 Å². The number of pyridine rings is 1. The Hall–Kier alpha value is -1.65. The van der Waals surface area contributed by atoms with Crippen molar-refractivity contribution in [2.75, 3.05) is 0 Å². The Kier molecular flexibility index (Phi) is 3.34. The van der Waals surface area contributed by atoms with Crippen LogP contribution in [0, 0.1) is 6.92 Å². The van der Waals surface area contributed by atoms with Crippen LogP contribution in [0.1, 0.15) is 23.3 Å². The molecule has 4 heteroatoms. The Morgan fingerprint density at radius 1 is 1.38 bits per heavy atom. The van der Waals surface area contributed by atoms with E-state index >= 15 is 0 Å². The highest BCUT2D eigenvalue weighted by atomic mass is 16.3. The summed E-state index contributed by atoms with van der Waals surface area (Å²) < 4.78 is 5.54. The number of nitrogens with two attached hydrogens (primary N) is 1. The Labute approximate surface area is 94.5 Å². The molecule has 0 bridgehead atoms. The van der Waals surface area contributed by atoms with Crippen LogP contribution in [0.3, 0.4) is 0 Å². The molecule has 16 heavy (non-hydrogen) atoms. The summed E-state index contributed by atoms with van der Waals surface area (Å²) in [4.78, 5) is 4.26. The van der Waals surface area contributed by atoms with Gasteiger partial charge < -0.3 is 4.42 Å². The molecule has 0 aliphatic heterocycles. The van der Waals surface area contributed by atoms with Gasteiger partial charge in [-0.05, 0) is 31.2 Å². The zero-order chi connectivity index (χ0) is 11.4. The van der Waals surface area contributed by atoms with E-state index in [9.17, 15) is 0 Å². The zero-order valence-corrected chi connectivity index (χ0v) is 9.18. The topological polar surface area (TPSA) is 64.1 Å². The Balaban J connectivity index is 2.12. The summed E-state index contributed by atoms with van der Waals surface area (Å²) in [5.74, 6) is 7.25. The van der Waals surface area contributed by atoms with Crippen molar-refractivity contribution in [3.8, 4) is 0 Å². The van der Waals surface area contributed by atoms with E-state index in [1.165, 1.54) is 0 Å². The first-order valence-corrected chi connectivity index (χ1v) is 5.22. The smallest absolute Gasteiger partial charge is 0.122 e. The first-order valence-electron chi connectivity index (χ1n) is 5.22. The maximum Gasteiger partial charge on any atom is 0.122 e. The van der Waals surface area contributed by atoms with E-state index in [0.717, 1.165) is 17.2 Å². The van der Waals surface area contributed by atoms with E-state index in [0.29, 0.717) is 6.42 Å². The van der Waals surface area contributed by atoms with Gasteiger partial charge in [0, 0.05) is 18.3 Å². The van der Waals surface area contributed by atoms with E-state index in [1.807, 2.05) is 37.3 Å². The van der Waals surface area contributed by atoms with Crippen LogP contribution < -0.4 is 11.3 Å². The summed E-state index contributed by atoms with van der Waals surface area (Å²) in [6.45, 7) is 1.91. The number of hydrazine groups is 1. The third kappa shape index (κ3) is 2.48. The van der Waals surface area contributed by atoms with Gasteiger partial charge in [0.15, 0.2) is 0 Å². The standard InChI is InChI=1S/C12H15N3O/c1-9-5-6-12(16-9)11(15-13)8-10-4-2-3-7-14-10/h2-7,11,15H,8,13H2,1H3. The molecule has 0 aliphatic rings. The number of nitrogens with one attached hydrogen (secondary N) is 1. The third-order valence-electron chi connectivity index (χ3n) is 2.45. The first kappa shape index (κ1) is 10.9. The molecule has 0 radical (unpaired) electrons. The second-order valence-electron chi connectivity index (χ2n) is 3.69. The van der Waals surface area contributed by atoms with Crippen molar-refractivity contribution in [3.05, 3.63) is 53.7 Å². The second kappa shape index (κ2) is 4.92. The molecule has 1 atom stereocenters. The molecule has 84 valence electrons. The van der Waals surface area contributed by atoms with Crippen molar-refractivity contribution in [1.82, 2.24) is 10.4 Å². The molecular weight excluding hydrogens is 202 g/mol. The molecule has 0 amide bonds. The summed E-state index contributed by atoms with van der Waals surface area (Å²) >= 11 is 0. The molecule has 2 aromatic rings. The largest absolute Gasteiger partial charge is 0.465 e. The third-order valence-corrected chi connectivity index (χ3v) is 2.45. The number of aromatic nitrogens is 1. The highest BCUT2D eigenvalue weighted by Crippen LogP contribution is 2.18. The number of rotatable bonds is 4. The zero-order valence-electron chi connectivity index (χ0n) is 9.18. The van der Waals surface area contributed by atoms with Crippen molar-refractivity contribution in [2.24, 2.45) is 5.84 Å². The van der Waals surface area contributed by atoms with Crippen LogP contribution in [-0.2, 0) is 6.42 Å². The molecule has 4 nitrogen and oxygen atoms in total. The van der Waals surface area contributed by atoms with Gasteiger partial charge in [0.05, 0.1) is 6.04 Å². The van der Waals surface area contributed by atoms with Crippen molar-refractivity contribution in [3.63, 3.8) is 0 Å². The van der Waals surface area contributed by atoms with Gasteiger partial charge in [0.1, 0.15) is 11.5 Å². The van der Waals surface area contributed by atoms with Crippen LogP contribution in [0.5, 0.6) is 0 Å². The fourth-order valence-corrected chi connectivity index (χ4v) is 1.61. The van der Waals surface area contributed by atoms with Crippen LogP contribution in [-0.4, -0.2) is 4.98 Å². The van der Waals surface area contributed by atoms with Gasteiger partial charge in [0.25, 0.3) is 0 Å². The van der Waals surface area contributed by atoms with E-state index < -0.39 is 0 Å². The van der Waals surface area contributed by atoms with Gasteiger partial charge in [0.2, 0.25) is 0 Å². The first-order chi connectivity index (χ1) is 7.79. The summed E-state index contributed by atoms with van der Waals surface area (Å²) in [7, 11) is 0. The SMILES string of the molecule is Cc1ccc(C(Cc2ccccn2)NN)o1. The van der Waals surface area contributed by atoms with E-state index in [1.54, 1.807) is 6.20 Å². The normalized spacial score (nSPS) is 12.6. The molecule has 3 N–H and O–H groups in total. The van der Waals surface area contributed by atoms with Crippen LogP contribution >= 0.6 is 0 Å². The van der Waals surface area contributed by atoms with Gasteiger partial charge >= 0.3 is 0 Å². The molecule has 0 aliphatic carbocycles. The number of hydrogen-bond acceptors (Lipinski definition) is 4. The Morgan fingerprint density at radius 2 is 2.25 bits per heavy atom. The molecule has 0 spiro atoms. The fourth-order valence-electron chi connectivity index (χ4n) is 1.61. The average Bonchev–Trinajstić information content (AvgIpc) is 2.74. The monoisotopic (exact) mass is 217 g/mol. The molecule has 2 rings (SSSR count). The van der Waals surface area contributed by atoms with Crippen LogP contribution in [0.4, 0.5) is 0 Å². The molecular formula is C12H15N3O. The molecule has 0 aromatic carbocycles. The lowest BCUT2D eigenvalue weighted by molar-refractivity contribution is 0.401. The van der Waals surface area contributed by atoms with Crippen LogP contribution in [0.15, 0.2) is 40.9 Å². The van der Waals surface area contributed by atoms with Crippen molar-refractivity contribution >= 4 is 0 Å². The number of furan rings is 1. The molecule has 0 saturated carbocycles. The van der Waals surface area contributed by atoms with Gasteiger partial charge in [-0.25, -0.2) is 5.43 Å². The van der Waals surface area contributed by atoms with Crippen molar-refractivity contribution in [2.45, 2.75) is 19.4 Å². The van der Waals surface area contributed by atoms with Crippen LogP contribution in [0.2, 0.25) is 0 Å². The lowest BCUT2D eigenvalue weighted by Crippen LogP contribution is -2.29. The number of nitrogens with zero attached hydrogens (tertiary/aromatic N) is 1. The highest BCUT2D eigenvalue weighted by Gasteiger charge is 2.14. The van der Waals surface area contributed by atoms with Crippen LogP contribution in [0.25, 0.3) is 0 Å². The minimum atomic E-state index is -0.0383. The quantitative estimate of drug-likeness (QED) is 0.604. The van der Waals surface area contributed by atoms with E-state index in [-0.39, 0.29) is 6.04 Å². The van der Waals surface area contributed by atoms with Gasteiger partial charge in [-0.3, -0.25) is 10.8 Å². The maximum absolute atomic E-state index is 5.54. The Morgan fingerprint density at radius 3 is 2.81 bits per heavy atom. The Bertz CT molecular complexity index is 439. The van der Waals surface area contributed by atoms with Gasteiger partial charge in [-0.2, -0.15) is 0 Å². The van der Waals surface area contributed by atoms with Gasteiger partial charge in [-0.1, -0.05) is 6.07 Å². The number of aryl methyl sites for hydroxylation is 1. The summed E-state index contributed by atoms with van der Waals surface area (Å²) in [5.41, 5.74) is 3.73. The second-order valence-corrected chi connectivity index (χ2v) is 3.69. The van der Waals surface area contributed by atoms with E-state index in [4.69, 9.17) is 10.3 Å². The molecule has 0 saturated heterocycles. The van der Waals surface area contributed by atoms with Crippen molar-refractivity contribution < 1.29 is 4.42 Å². The predicted molar refractivity (Wildman–Crippen MR) is 61.5 cm³/mol. The predicted octanol–water partition coefficient (Wildman–Crippen LogP) is 1.73. The number of hydrogen-bond donors (Lipinski definition) is 2. The average molecular weight is 217 g/mol. The van der Waals surface area contributed by atoms with E-state index in [2.05, 4.69) is 10.4 Å². The lowest BCUT2D eigenvalue weighted by Gasteiger charge is -2.12. The lowest BCUT2D eigenvalue weighted by atomic mass is 10.1. The summed E-state index contributed by atoms with van der Waals surface area (Å²) in [6, 6.07) is 9.65. The molecule has 1 unspecified atom stereocenters. The molecule has 2 aromatic heterocycles. The minimum absolute atomic E-state index is 0.0383. The summed E-state index contributed by atoms with van der Waals surface area (Å²) in [6.07, 6.45) is 2.49. The minimum Gasteiger partial charge on any atom is -0.465 e. The maximum atomic E-state index is 5.54. The fraction of sp³-hybridized carbons (Fsp3) is 0.250. The molecule has 2 heterocycles. The highest BCUT2D eigenvalue weighted by molar-refractivity contribution is 5.13. The van der Waals surface area contributed by atoms with Crippen molar-refractivity contribution in [1.29, 1.82) is 0 Å².